The maximum absolute atomic E-state index is 12.4. The van der Waals surface area contributed by atoms with Gasteiger partial charge in [-0.25, -0.2) is 10.2 Å². The van der Waals surface area contributed by atoms with Crippen molar-refractivity contribution in [3.8, 4) is 17.2 Å². The Morgan fingerprint density at radius 1 is 0.865 bits per heavy atom. The summed E-state index contributed by atoms with van der Waals surface area (Å²) in [7, 11) is 0. The monoisotopic (exact) mass is 503 g/mol. The fraction of sp³-hybridized carbons (Fsp3) is 0.214. The molecule has 0 fully saturated rings. The lowest BCUT2D eigenvalue weighted by Gasteiger charge is -2.11. The maximum atomic E-state index is 12.4. The van der Waals surface area contributed by atoms with Gasteiger partial charge in [-0.1, -0.05) is 25.1 Å². The molecule has 0 aromatic heterocycles. The highest BCUT2D eigenvalue weighted by Gasteiger charge is 2.13. The van der Waals surface area contributed by atoms with Gasteiger partial charge in [0.1, 0.15) is 5.75 Å². The highest BCUT2D eigenvalue weighted by atomic mass is 16.6. The number of carbonyl (C=O) groups excluding carboxylic acids is 3. The zero-order valence-electron chi connectivity index (χ0n) is 20.7. The van der Waals surface area contributed by atoms with Crippen molar-refractivity contribution in [3.63, 3.8) is 0 Å². The van der Waals surface area contributed by atoms with E-state index in [1.165, 1.54) is 6.21 Å². The fourth-order valence-electron chi connectivity index (χ4n) is 3.09. The molecule has 9 heteroatoms. The topological polar surface area (TPSA) is 115 Å². The van der Waals surface area contributed by atoms with Crippen LogP contribution in [0.1, 0.15) is 46.5 Å². The lowest BCUT2D eigenvalue weighted by Crippen LogP contribution is -2.34. The normalized spacial score (nSPS) is 10.5. The van der Waals surface area contributed by atoms with Crippen molar-refractivity contribution >= 4 is 24.0 Å². The van der Waals surface area contributed by atoms with Gasteiger partial charge in [0.2, 0.25) is 0 Å². The lowest BCUT2D eigenvalue weighted by atomic mass is 10.2. The van der Waals surface area contributed by atoms with Crippen LogP contribution in [0.5, 0.6) is 17.2 Å². The zero-order valence-corrected chi connectivity index (χ0v) is 20.7. The number of esters is 1. The summed E-state index contributed by atoms with van der Waals surface area (Å²) in [5.41, 5.74) is 3.80. The summed E-state index contributed by atoms with van der Waals surface area (Å²) in [5, 5.41) is 6.46. The molecule has 0 heterocycles. The van der Waals surface area contributed by atoms with E-state index in [1.54, 1.807) is 66.7 Å². The van der Waals surface area contributed by atoms with E-state index < -0.39 is 11.9 Å². The van der Waals surface area contributed by atoms with Gasteiger partial charge in [0, 0.05) is 5.56 Å². The first-order valence-electron chi connectivity index (χ1n) is 11.9. The van der Waals surface area contributed by atoms with E-state index in [-0.39, 0.29) is 18.2 Å². The van der Waals surface area contributed by atoms with Gasteiger partial charge in [0.25, 0.3) is 11.8 Å². The van der Waals surface area contributed by atoms with Gasteiger partial charge in [-0.15, -0.1) is 0 Å². The van der Waals surface area contributed by atoms with Crippen molar-refractivity contribution in [1.82, 2.24) is 10.7 Å². The van der Waals surface area contributed by atoms with Gasteiger partial charge in [-0.05, 0) is 73.5 Å². The molecule has 0 atom stereocenters. The SMILES string of the molecule is CCCOc1ccc(C(=O)NCC(=O)N/N=C/c2ccc(OC(=O)c3ccccc3)c(OCC)c2)cc1. The van der Waals surface area contributed by atoms with E-state index >= 15 is 0 Å². The Bertz CT molecular complexity index is 1230. The number of ether oxygens (including phenoxy) is 3. The summed E-state index contributed by atoms with van der Waals surface area (Å²) in [5.74, 6) is -0.0717. The molecule has 2 N–H and O–H groups in total. The third-order valence-electron chi connectivity index (χ3n) is 4.88. The Morgan fingerprint density at radius 2 is 1.62 bits per heavy atom. The number of hydrogen-bond donors (Lipinski definition) is 2. The van der Waals surface area contributed by atoms with Crippen LogP contribution in [-0.2, 0) is 4.79 Å². The second-order valence-electron chi connectivity index (χ2n) is 7.74. The first kappa shape index (κ1) is 26.9. The van der Waals surface area contributed by atoms with E-state index in [0.29, 0.717) is 41.4 Å². The molecule has 3 rings (SSSR count). The summed E-state index contributed by atoms with van der Waals surface area (Å²) in [4.78, 5) is 36.7. The Labute approximate surface area is 215 Å². The first-order chi connectivity index (χ1) is 18.0. The number of amides is 2. The largest absolute Gasteiger partial charge is 0.494 e. The Hall–Kier alpha value is -4.66. The molecule has 0 spiro atoms. The number of hydrazone groups is 1. The summed E-state index contributed by atoms with van der Waals surface area (Å²) in [6.45, 7) is 4.54. The van der Waals surface area contributed by atoms with E-state index in [9.17, 15) is 14.4 Å². The van der Waals surface area contributed by atoms with E-state index in [0.717, 1.165) is 6.42 Å². The van der Waals surface area contributed by atoms with E-state index in [2.05, 4.69) is 15.8 Å². The molecule has 0 saturated carbocycles. The minimum absolute atomic E-state index is 0.247. The average molecular weight is 504 g/mol. The summed E-state index contributed by atoms with van der Waals surface area (Å²) in [6.07, 6.45) is 2.31. The number of nitrogens with zero attached hydrogens (tertiary/aromatic N) is 1. The van der Waals surface area contributed by atoms with Crippen LogP contribution in [0.25, 0.3) is 0 Å². The molecule has 0 aliphatic heterocycles. The molecule has 37 heavy (non-hydrogen) atoms. The van der Waals surface area contributed by atoms with Gasteiger partial charge in [-0.2, -0.15) is 5.10 Å². The second kappa shape index (κ2) is 14.0. The molecule has 0 saturated heterocycles. The number of hydrogen-bond acceptors (Lipinski definition) is 7. The van der Waals surface area contributed by atoms with Crippen LogP contribution in [0.2, 0.25) is 0 Å². The predicted molar refractivity (Wildman–Crippen MR) is 139 cm³/mol. The summed E-state index contributed by atoms with van der Waals surface area (Å²) in [6, 6.07) is 20.2. The third kappa shape index (κ3) is 8.50. The fourth-order valence-corrected chi connectivity index (χ4v) is 3.09. The lowest BCUT2D eigenvalue weighted by molar-refractivity contribution is -0.120. The van der Waals surface area contributed by atoms with Gasteiger partial charge in [0.15, 0.2) is 11.5 Å². The molecule has 0 unspecified atom stereocenters. The van der Waals surface area contributed by atoms with Gasteiger partial charge in [0.05, 0.1) is 31.5 Å². The van der Waals surface area contributed by atoms with Crippen LogP contribution in [-0.4, -0.2) is 43.8 Å². The molecular weight excluding hydrogens is 474 g/mol. The minimum atomic E-state index is -0.502. The molecular formula is C28H29N3O6. The number of benzene rings is 3. The quantitative estimate of drug-likeness (QED) is 0.167. The average Bonchev–Trinajstić information content (AvgIpc) is 2.92. The van der Waals surface area contributed by atoms with Crippen LogP contribution in [0.15, 0.2) is 77.9 Å². The van der Waals surface area contributed by atoms with Crippen LogP contribution in [0.3, 0.4) is 0 Å². The van der Waals surface area contributed by atoms with Crippen molar-refractivity contribution in [3.05, 3.63) is 89.5 Å². The number of carbonyl (C=O) groups is 3. The van der Waals surface area contributed by atoms with Crippen molar-refractivity contribution in [2.24, 2.45) is 5.10 Å². The highest BCUT2D eigenvalue weighted by molar-refractivity contribution is 5.96. The van der Waals surface area contributed by atoms with Crippen molar-refractivity contribution in [2.75, 3.05) is 19.8 Å². The van der Waals surface area contributed by atoms with Gasteiger partial charge in [-0.3, -0.25) is 9.59 Å². The van der Waals surface area contributed by atoms with Crippen molar-refractivity contribution in [2.45, 2.75) is 20.3 Å². The summed E-state index contributed by atoms with van der Waals surface area (Å²) < 4.78 is 16.6. The van der Waals surface area contributed by atoms with Crippen LogP contribution in [0.4, 0.5) is 0 Å². The number of rotatable bonds is 12. The van der Waals surface area contributed by atoms with E-state index in [4.69, 9.17) is 14.2 Å². The van der Waals surface area contributed by atoms with Crippen LogP contribution >= 0.6 is 0 Å². The Morgan fingerprint density at radius 3 is 2.32 bits per heavy atom. The van der Waals surface area contributed by atoms with Crippen LogP contribution in [0, 0.1) is 0 Å². The third-order valence-corrected chi connectivity index (χ3v) is 4.88. The highest BCUT2D eigenvalue weighted by Crippen LogP contribution is 2.29. The molecule has 3 aromatic carbocycles. The number of nitrogens with one attached hydrogen (secondary N) is 2. The van der Waals surface area contributed by atoms with Gasteiger partial charge < -0.3 is 19.5 Å². The Balaban J connectivity index is 1.51. The minimum Gasteiger partial charge on any atom is -0.494 e. The van der Waals surface area contributed by atoms with Crippen molar-refractivity contribution in [1.29, 1.82) is 0 Å². The van der Waals surface area contributed by atoms with Gasteiger partial charge >= 0.3 is 5.97 Å². The zero-order chi connectivity index (χ0) is 26.5. The molecule has 0 radical (unpaired) electrons. The molecule has 3 aromatic rings. The molecule has 2 amide bonds. The standard InChI is InChI=1S/C28H29N3O6/c1-3-16-36-23-13-11-21(12-14-23)27(33)29-19-26(32)31-30-18-20-10-15-24(25(17-20)35-4-2)37-28(34)22-8-6-5-7-9-22/h5-15,17-18H,3-4,16,19H2,1-2H3,(H,29,33)(H,31,32)/b30-18+. The second-order valence-corrected chi connectivity index (χ2v) is 7.74. The molecule has 0 aliphatic rings. The molecule has 0 bridgehead atoms. The van der Waals surface area contributed by atoms with Crippen LogP contribution < -0.4 is 25.0 Å². The molecule has 192 valence electrons. The smallest absolute Gasteiger partial charge is 0.343 e. The predicted octanol–water partition coefficient (Wildman–Crippen LogP) is 3.97. The summed E-state index contributed by atoms with van der Waals surface area (Å²) >= 11 is 0. The first-order valence-corrected chi connectivity index (χ1v) is 11.9. The molecule has 0 aliphatic carbocycles. The Kier molecular flexibility index (Phi) is 10.2. The maximum Gasteiger partial charge on any atom is 0.343 e. The molecule has 9 nitrogen and oxygen atoms in total. The van der Waals surface area contributed by atoms with E-state index in [1.807, 2.05) is 19.9 Å². The van der Waals surface area contributed by atoms with Crippen molar-refractivity contribution < 1.29 is 28.6 Å².